The summed E-state index contributed by atoms with van der Waals surface area (Å²) < 4.78 is 41.4. The monoisotopic (exact) mass is 357 g/mol. The summed E-state index contributed by atoms with van der Waals surface area (Å²) in [4.78, 5) is 0.0359. The summed E-state index contributed by atoms with van der Waals surface area (Å²) in [5, 5.41) is 13.8. The molecule has 2 saturated heterocycles. The van der Waals surface area contributed by atoms with Crippen molar-refractivity contribution in [3.8, 4) is 0 Å². The molecule has 3 rings (SSSR count). The van der Waals surface area contributed by atoms with Gasteiger partial charge in [0.2, 0.25) is 0 Å². The molecule has 2 aliphatic rings. The summed E-state index contributed by atoms with van der Waals surface area (Å²) in [5.41, 5.74) is 0.943. The number of hydrogen-bond donors (Lipinski definition) is 2. The van der Waals surface area contributed by atoms with Gasteiger partial charge in [-0.25, -0.2) is 0 Å². The van der Waals surface area contributed by atoms with Gasteiger partial charge in [-0.05, 0) is 19.1 Å². The van der Waals surface area contributed by atoms with Crippen LogP contribution >= 0.6 is 0 Å². The zero-order chi connectivity index (χ0) is 17.5. The highest BCUT2D eigenvalue weighted by Crippen LogP contribution is 2.32. The van der Waals surface area contributed by atoms with E-state index in [0.717, 1.165) is 5.56 Å². The van der Waals surface area contributed by atoms with Gasteiger partial charge in [-0.1, -0.05) is 31.5 Å². The molecule has 5 atom stereocenters. The Hall–Kier alpha value is -1.03. The molecule has 0 aromatic heterocycles. The number of aryl methyl sites for hydroxylation is 1. The predicted octanol–water partition coefficient (Wildman–Crippen LogP) is 0.552. The number of fused-ring (bicyclic) bond motifs is 2. The van der Waals surface area contributed by atoms with Gasteiger partial charge in [0.15, 0.2) is 12.4 Å². The van der Waals surface area contributed by atoms with Crippen LogP contribution in [0.4, 0.5) is 0 Å². The first-order valence-corrected chi connectivity index (χ1v) is 9.40. The molecule has 2 heterocycles. The second-order valence-electron chi connectivity index (χ2n) is 6.54. The number of rotatable bonds is 5. The molecule has 0 spiro atoms. The first-order chi connectivity index (χ1) is 11.3. The minimum atomic E-state index is -4.03. The Morgan fingerprint density at radius 2 is 1.96 bits per heavy atom. The van der Waals surface area contributed by atoms with Crippen LogP contribution in [-0.2, 0) is 23.8 Å². The fourth-order valence-corrected chi connectivity index (χ4v) is 4.06. The maximum absolute atomic E-state index is 12.5. The van der Waals surface area contributed by atoms with E-state index >= 15 is 0 Å². The molecule has 2 aliphatic heterocycles. The third kappa shape index (κ3) is 3.49. The molecular formula is C16H23NO6S. The minimum absolute atomic E-state index is 0.0359. The van der Waals surface area contributed by atoms with Crippen LogP contribution in [0.1, 0.15) is 19.4 Å². The van der Waals surface area contributed by atoms with Gasteiger partial charge in [-0.2, -0.15) is 8.42 Å². The zero-order valence-corrected chi connectivity index (χ0v) is 14.7. The van der Waals surface area contributed by atoms with Crippen LogP contribution < -0.4 is 5.32 Å². The lowest BCUT2D eigenvalue weighted by molar-refractivity contribution is -0.193. The third-order valence-electron chi connectivity index (χ3n) is 4.18. The van der Waals surface area contributed by atoms with Crippen molar-refractivity contribution in [1.29, 1.82) is 0 Å². The van der Waals surface area contributed by atoms with E-state index in [1.807, 2.05) is 20.8 Å². The van der Waals surface area contributed by atoms with Crippen molar-refractivity contribution in [3.05, 3.63) is 29.8 Å². The first kappa shape index (κ1) is 17.8. The van der Waals surface area contributed by atoms with Crippen molar-refractivity contribution in [2.24, 2.45) is 0 Å². The maximum atomic E-state index is 12.5. The zero-order valence-electron chi connectivity index (χ0n) is 13.9. The van der Waals surface area contributed by atoms with Crippen molar-refractivity contribution in [2.75, 3.05) is 6.61 Å². The Kier molecular flexibility index (Phi) is 4.96. The van der Waals surface area contributed by atoms with E-state index in [9.17, 15) is 13.5 Å². The lowest BCUT2D eigenvalue weighted by atomic mass is 9.97. The molecule has 2 bridgehead atoms. The number of hydrogen-bond acceptors (Lipinski definition) is 7. The highest BCUT2D eigenvalue weighted by molar-refractivity contribution is 7.86. The van der Waals surface area contributed by atoms with Gasteiger partial charge in [0, 0.05) is 6.04 Å². The molecule has 24 heavy (non-hydrogen) atoms. The molecule has 0 radical (unpaired) electrons. The molecule has 1 aromatic carbocycles. The summed E-state index contributed by atoms with van der Waals surface area (Å²) in [6, 6.07) is 5.97. The van der Waals surface area contributed by atoms with Crippen molar-refractivity contribution in [2.45, 2.75) is 62.4 Å². The number of nitrogens with one attached hydrogen (secondary N) is 1. The lowest BCUT2D eigenvalue weighted by Crippen LogP contribution is -2.61. The Balaban J connectivity index is 1.81. The van der Waals surface area contributed by atoms with E-state index < -0.39 is 34.7 Å². The number of aliphatic hydroxyl groups excluding tert-OH is 1. The Morgan fingerprint density at radius 3 is 2.58 bits per heavy atom. The molecule has 2 fully saturated rings. The van der Waals surface area contributed by atoms with Crippen LogP contribution in [-0.4, -0.2) is 56.8 Å². The molecule has 0 aliphatic carbocycles. The van der Waals surface area contributed by atoms with Crippen molar-refractivity contribution >= 4 is 10.1 Å². The summed E-state index contributed by atoms with van der Waals surface area (Å²) in [7, 11) is -4.03. The predicted molar refractivity (Wildman–Crippen MR) is 85.9 cm³/mol. The fourth-order valence-electron chi connectivity index (χ4n) is 2.99. The largest absolute Gasteiger partial charge is 0.388 e. The highest BCUT2D eigenvalue weighted by atomic mass is 32.2. The van der Waals surface area contributed by atoms with Crippen molar-refractivity contribution in [3.63, 3.8) is 0 Å². The smallest absolute Gasteiger partial charge is 0.297 e. The highest BCUT2D eigenvalue weighted by Gasteiger charge is 2.52. The van der Waals surface area contributed by atoms with Gasteiger partial charge >= 0.3 is 0 Å². The average molecular weight is 357 g/mol. The normalized spacial score (nSPS) is 33.1. The standard InChI is InChI=1S/C16H23NO6S/c1-9(2)17-13-12-8-21-16(22-12)15(14(13)18)23-24(19,20)11-6-4-10(3)5-7-11/h4-7,9,12-18H,8H2,1-3H3/t12?,13-,14+,15?,16-/m1/s1. The van der Waals surface area contributed by atoms with Crippen LogP contribution in [0.2, 0.25) is 0 Å². The van der Waals surface area contributed by atoms with Crippen LogP contribution in [0, 0.1) is 6.92 Å². The van der Waals surface area contributed by atoms with E-state index in [0.29, 0.717) is 0 Å². The Bertz CT molecular complexity index is 674. The summed E-state index contributed by atoms with van der Waals surface area (Å²) in [6.45, 7) is 6.03. The summed E-state index contributed by atoms with van der Waals surface area (Å²) in [5.74, 6) is 0. The lowest BCUT2D eigenvalue weighted by Gasteiger charge is -2.38. The Morgan fingerprint density at radius 1 is 1.29 bits per heavy atom. The van der Waals surface area contributed by atoms with Gasteiger partial charge in [0.05, 0.1) is 17.5 Å². The van der Waals surface area contributed by atoms with Crippen LogP contribution in [0.3, 0.4) is 0 Å². The van der Waals surface area contributed by atoms with Crippen molar-refractivity contribution in [1.82, 2.24) is 5.32 Å². The van der Waals surface area contributed by atoms with Gasteiger partial charge < -0.3 is 19.9 Å². The van der Waals surface area contributed by atoms with E-state index in [1.165, 1.54) is 12.1 Å². The molecule has 0 saturated carbocycles. The molecule has 7 nitrogen and oxygen atoms in total. The summed E-state index contributed by atoms with van der Waals surface area (Å²) >= 11 is 0. The third-order valence-corrected chi connectivity index (χ3v) is 5.51. The second-order valence-corrected chi connectivity index (χ2v) is 8.11. The van der Waals surface area contributed by atoms with Gasteiger partial charge in [-0.15, -0.1) is 0 Å². The molecule has 2 N–H and O–H groups in total. The van der Waals surface area contributed by atoms with Crippen LogP contribution in [0.5, 0.6) is 0 Å². The van der Waals surface area contributed by atoms with E-state index in [1.54, 1.807) is 12.1 Å². The van der Waals surface area contributed by atoms with Crippen LogP contribution in [0.25, 0.3) is 0 Å². The Labute approximate surface area is 142 Å². The van der Waals surface area contributed by atoms with E-state index in [2.05, 4.69) is 5.32 Å². The summed E-state index contributed by atoms with van der Waals surface area (Å²) in [6.07, 6.45) is -3.39. The molecular weight excluding hydrogens is 334 g/mol. The fraction of sp³-hybridized carbons (Fsp3) is 0.625. The average Bonchev–Trinajstić information content (AvgIpc) is 2.95. The number of benzene rings is 1. The molecule has 8 heteroatoms. The van der Waals surface area contributed by atoms with Gasteiger partial charge in [-0.3, -0.25) is 4.18 Å². The SMILES string of the molecule is Cc1ccc(S(=O)(=O)OC2[C@@H]3OCC(O3)[C@@H](NC(C)C)[C@@H]2O)cc1. The number of ether oxygens (including phenoxy) is 2. The molecule has 134 valence electrons. The first-order valence-electron chi connectivity index (χ1n) is 7.99. The second kappa shape index (κ2) is 6.70. The van der Waals surface area contributed by atoms with Gasteiger partial charge in [0.1, 0.15) is 12.2 Å². The van der Waals surface area contributed by atoms with E-state index in [4.69, 9.17) is 13.7 Å². The number of aliphatic hydroxyl groups is 1. The maximum Gasteiger partial charge on any atom is 0.297 e. The van der Waals surface area contributed by atoms with Crippen molar-refractivity contribution < 1.29 is 27.2 Å². The molecule has 0 amide bonds. The van der Waals surface area contributed by atoms with E-state index in [-0.39, 0.29) is 23.6 Å². The van der Waals surface area contributed by atoms with Gasteiger partial charge in [0.25, 0.3) is 10.1 Å². The topological polar surface area (TPSA) is 94.1 Å². The molecule has 2 unspecified atom stereocenters. The molecule has 1 aromatic rings. The quantitative estimate of drug-likeness (QED) is 0.743. The van der Waals surface area contributed by atoms with Crippen LogP contribution in [0.15, 0.2) is 29.2 Å². The minimum Gasteiger partial charge on any atom is -0.388 e.